The number of rotatable bonds is 6. The number of para-hydroxylation sites is 1. The highest BCUT2D eigenvalue weighted by Crippen LogP contribution is 2.34. The number of likely N-dealkylation sites (tertiary alicyclic amines) is 1. The van der Waals surface area contributed by atoms with Crippen LogP contribution >= 0.6 is 0 Å². The molecule has 2 aromatic rings. The monoisotopic (exact) mass is 394 g/mol. The number of anilines is 1. The average molecular weight is 395 g/mol. The Morgan fingerprint density at radius 3 is 2.59 bits per heavy atom. The third-order valence-corrected chi connectivity index (χ3v) is 6.79. The van der Waals surface area contributed by atoms with Gasteiger partial charge >= 0.3 is 0 Å². The normalized spacial score (nSPS) is 20.8. The van der Waals surface area contributed by atoms with Gasteiger partial charge in [0.15, 0.2) is 0 Å². The Hall–Kier alpha value is -2.14. The van der Waals surface area contributed by atoms with Crippen molar-refractivity contribution in [2.24, 2.45) is 5.92 Å². The first-order chi connectivity index (χ1) is 14.1. The van der Waals surface area contributed by atoms with Gasteiger partial charge in [0.25, 0.3) is 0 Å². The van der Waals surface area contributed by atoms with E-state index in [4.69, 9.17) is 0 Å². The van der Waals surface area contributed by atoms with Crippen LogP contribution in [-0.2, 0) is 4.79 Å². The van der Waals surface area contributed by atoms with Crippen molar-refractivity contribution < 1.29 is 4.79 Å². The third kappa shape index (κ3) is 4.55. The molecule has 1 atom stereocenters. The van der Waals surface area contributed by atoms with E-state index in [1.807, 2.05) is 48.9 Å². The zero-order valence-electron chi connectivity index (χ0n) is 17.9. The maximum Gasteiger partial charge on any atom is 0.225 e. The van der Waals surface area contributed by atoms with E-state index in [9.17, 15) is 4.79 Å². The molecule has 5 heteroatoms. The average Bonchev–Trinajstić information content (AvgIpc) is 3.33. The van der Waals surface area contributed by atoms with Gasteiger partial charge < -0.3 is 5.32 Å². The zero-order chi connectivity index (χ0) is 20.2. The number of nitrogens with zero attached hydrogens (tertiary/aromatic N) is 3. The number of aryl methyl sites for hydroxylation is 1. The van der Waals surface area contributed by atoms with Crippen LogP contribution in [0.25, 0.3) is 5.69 Å². The van der Waals surface area contributed by atoms with Gasteiger partial charge in [0.1, 0.15) is 0 Å². The maximum absolute atomic E-state index is 12.7. The molecule has 1 aromatic heterocycles. The SMILES string of the molecule is Cc1nn(-c2ccccc2)c(C)c1NC(=O)CCN1CCC[C@@H]1C1CCCCC1. The number of aromatic nitrogens is 2. The highest BCUT2D eigenvalue weighted by atomic mass is 16.1. The minimum atomic E-state index is 0.0955. The lowest BCUT2D eigenvalue weighted by atomic mass is 9.83. The summed E-state index contributed by atoms with van der Waals surface area (Å²) in [7, 11) is 0. The van der Waals surface area contributed by atoms with E-state index >= 15 is 0 Å². The van der Waals surface area contributed by atoms with E-state index in [0.717, 1.165) is 41.8 Å². The molecule has 156 valence electrons. The largest absolute Gasteiger partial charge is 0.323 e. The molecule has 5 nitrogen and oxygen atoms in total. The summed E-state index contributed by atoms with van der Waals surface area (Å²) in [6, 6.07) is 10.8. The second-order valence-corrected chi connectivity index (χ2v) is 8.73. The highest BCUT2D eigenvalue weighted by molar-refractivity contribution is 5.92. The Morgan fingerprint density at radius 2 is 1.83 bits per heavy atom. The van der Waals surface area contributed by atoms with E-state index in [0.29, 0.717) is 12.5 Å². The number of hydrogen-bond acceptors (Lipinski definition) is 3. The van der Waals surface area contributed by atoms with Crippen molar-refractivity contribution in [3.8, 4) is 5.69 Å². The van der Waals surface area contributed by atoms with Gasteiger partial charge in [0.05, 0.1) is 22.8 Å². The molecule has 2 fully saturated rings. The number of hydrogen-bond donors (Lipinski definition) is 1. The molecular weight excluding hydrogens is 360 g/mol. The van der Waals surface area contributed by atoms with E-state index in [2.05, 4.69) is 15.3 Å². The lowest BCUT2D eigenvalue weighted by Crippen LogP contribution is -2.38. The molecule has 4 rings (SSSR count). The standard InChI is InChI=1S/C24H34N4O/c1-18-24(19(2)28(26-18)21-12-7-4-8-13-21)25-23(29)15-17-27-16-9-14-22(27)20-10-5-3-6-11-20/h4,7-8,12-13,20,22H,3,5-6,9-11,14-17H2,1-2H3,(H,25,29)/t22-/m1/s1. The summed E-state index contributed by atoms with van der Waals surface area (Å²) in [5, 5.41) is 7.77. The minimum absolute atomic E-state index is 0.0955. The van der Waals surface area contributed by atoms with Crippen LogP contribution in [0.5, 0.6) is 0 Å². The summed E-state index contributed by atoms with van der Waals surface area (Å²) in [5.74, 6) is 0.945. The molecule has 1 saturated carbocycles. The van der Waals surface area contributed by atoms with E-state index < -0.39 is 0 Å². The van der Waals surface area contributed by atoms with Crippen molar-refractivity contribution in [1.82, 2.24) is 14.7 Å². The van der Waals surface area contributed by atoms with Crippen LogP contribution in [0.1, 0.15) is 62.8 Å². The second kappa shape index (κ2) is 9.12. The molecule has 1 N–H and O–H groups in total. The molecular formula is C24H34N4O. The first-order valence-corrected chi connectivity index (χ1v) is 11.3. The fourth-order valence-electron chi connectivity index (χ4n) is 5.27. The molecule has 1 aliphatic heterocycles. The van der Waals surface area contributed by atoms with E-state index in [1.54, 1.807) is 0 Å². The molecule has 29 heavy (non-hydrogen) atoms. The summed E-state index contributed by atoms with van der Waals surface area (Å²) in [5.41, 5.74) is 3.70. The van der Waals surface area contributed by atoms with Crippen molar-refractivity contribution in [2.75, 3.05) is 18.4 Å². The first-order valence-electron chi connectivity index (χ1n) is 11.3. The zero-order valence-corrected chi connectivity index (χ0v) is 17.9. The Balaban J connectivity index is 1.36. The van der Waals surface area contributed by atoms with Gasteiger partial charge in [-0.1, -0.05) is 37.5 Å². The van der Waals surface area contributed by atoms with Gasteiger partial charge in [-0.2, -0.15) is 5.10 Å². The molecule has 1 amide bonds. The van der Waals surface area contributed by atoms with Crippen molar-refractivity contribution in [2.45, 2.75) is 71.3 Å². The van der Waals surface area contributed by atoms with Crippen LogP contribution in [0.2, 0.25) is 0 Å². The van der Waals surface area contributed by atoms with Gasteiger partial charge in [-0.25, -0.2) is 4.68 Å². The van der Waals surface area contributed by atoms with Gasteiger partial charge in [0.2, 0.25) is 5.91 Å². The Morgan fingerprint density at radius 1 is 1.07 bits per heavy atom. The molecule has 1 aromatic carbocycles. The van der Waals surface area contributed by atoms with Crippen molar-refractivity contribution in [3.63, 3.8) is 0 Å². The van der Waals surface area contributed by atoms with Crippen LogP contribution in [0.15, 0.2) is 30.3 Å². The van der Waals surface area contributed by atoms with Crippen LogP contribution < -0.4 is 5.32 Å². The summed E-state index contributed by atoms with van der Waals surface area (Å²) < 4.78 is 1.91. The summed E-state index contributed by atoms with van der Waals surface area (Å²) in [6.45, 7) is 6.00. The number of amides is 1. The second-order valence-electron chi connectivity index (χ2n) is 8.73. The van der Waals surface area contributed by atoms with Gasteiger partial charge in [-0.05, 0) is 64.1 Å². The van der Waals surface area contributed by atoms with Crippen molar-refractivity contribution in [1.29, 1.82) is 0 Å². The molecule has 0 radical (unpaired) electrons. The predicted octanol–water partition coefficient (Wildman–Crippen LogP) is 4.86. The Labute approximate surface area is 174 Å². The fraction of sp³-hybridized carbons (Fsp3) is 0.583. The highest BCUT2D eigenvalue weighted by Gasteiger charge is 2.32. The molecule has 2 aliphatic rings. The van der Waals surface area contributed by atoms with Crippen LogP contribution in [0.4, 0.5) is 5.69 Å². The lowest BCUT2D eigenvalue weighted by molar-refractivity contribution is -0.116. The van der Waals surface area contributed by atoms with Crippen LogP contribution in [-0.4, -0.2) is 39.7 Å². The van der Waals surface area contributed by atoms with Crippen LogP contribution in [0.3, 0.4) is 0 Å². The summed E-state index contributed by atoms with van der Waals surface area (Å²) >= 11 is 0. The van der Waals surface area contributed by atoms with Crippen molar-refractivity contribution in [3.05, 3.63) is 41.7 Å². The van der Waals surface area contributed by atoms with E-state index in [-0.39, 0.29) is 5.91 Å². The summed E-state index contributed by atoms with van der Waals surface area (Å²) in [6.07, 6.45) is 10.1. The summed E-state index contributed by atoms with van der Waals surface area (Å²) in [4.78, 5) is 15.3. The molecule has 0 bridgehead atoms. The Kier molecular flexibility index (Phi) is 6.34. The number of carbonyl (C=O) groups is 1. The molecule has 0 unspecified atom stereocenters. The fourth-order valence-corrected chi connectivity index (χ4v) is 5.27. The minimum Gasteiger partial charge on any atom is -0.323 e. The van der Waals surface area contributed by atoms with Crippen molar-refractivity contribution >= 4 is 11.6 Å². The van der Waals surface area contributed by atoms with Gasteiger partial charge in [-0.3, -0.25) is 9.69 Å². The van der Waals surface area contributed by atoms with Gasteiger partial charge in [-0.15, -0.1) is 0 Å². The molecule has 1 aliphatic carbocycles. The smallest absolute Gasteiger partial charge is 0.225 e. The topological polar surface area (TPSA) is 50.2 Å². The number of nitrogens with one attached hydrogen (secondary N) is 1. The molecule has 2 heterocycles. The lowest BCUT2D eigenvalue weighted by Gasteiger charge is -2.34. The predicted molar refractivity (Wildman–Crippen MR) is 117 cm³/mol. The van der Waals surface area contributed by atoms with Gasteiger partial charge in [0, 0.05) is 19.0 Å². The maximum atomic E-state index is 12.7. The third-order valence-electron chi connectivity index (χ3n) is 6.79. The van der Waals surface area contributed by atoms with Crippen LogP contribution in [0, 0.1) is 19.8 Å². The first kappa shape index (κ1) is 20.1. The Bertz CT molecular complexity index is 823. The van der Waals surface area contributed by atoms with E-state index in [1.165, 1.54) is 44.9 Å². The molecule has 0 spiro atoms. The molecule has 1 saturated heterocycles. The number of carbonyl (C=O) groups excluding carboxylic acids is 1. The quantitative estimate of drug-likeness (QED) is 0.761. The number of benzene rings is 1.